The van der Waals surface area contributed by atoms with E-state index in [2.05, 4.69) is 116 Å². The zero-order chi connectivity index (χ0) is 33.6. The van der Waals surface area contributed by atoms with Crippen LogP contribution in [-0.2, 0) is 0 Å². The van der Waals surface area contributed by atoms with E-state index in [0.717, 1.165) is 101 Å². The molecular weight excluding hydrogens is 613 g/mol. The van der Waals surface area contributed by atoms with Gasteiger partial charge in [-0.25, -0.2) is 4.99 Å². The summed E-state index contributed by atoms with van der Waals surface area (Å²) in [6, 6.07) is 47.8. The minimum absolute atomic E-state index is 0.813. The molecule has 4 aromatic heterocycles. The highest BCUT2D eigenvalue weighted by Crippen LogP contribution is 2.48. The van der Waals surface area contributed by atoms with E-state index in [1.807, 2.05) is 54.9 Å². The van der Waals surface area contributed by atoms with Crippen LogP contribution in [0.4, 0.5) is 0 Å². The van der Waals surface area contributed by atoms with E-state index >= 15 is 0 Å². The fraction of sp³-hybridized carbons (Fsp3) is 0.0444. The number of aliphatic imine (C=N–C) groups is 1. The zero-order valence-electron chi connectivity index (χ0n) is 27.7. The summed E-state index contributed by atoms with van der Waals surface area (Å²) in [7, 11) is 0. The molecule has 1 N–H and O–H groups in total. The van der Waals surface area contributed by atoms with Gasteiger partial charge in [0.15, 0.2) is 0 Å². The van der Waals surface area contributed by atoms with E-state index in [1.54, 1.807) is 0 Å². The molecule has 5 heteroatoms. The number of fused-ring (bicyclic) bond motifs is 3. The standard InChI is InChI=1S/C45H32N4O/c1-28-38(30-16-5-3-6-17-30)43(48-41(28)35-23-11-13-26-46-35)40(34-22-15-21-33-32-20-9-10-25-37(32)50-45(33)34)44-39(31-18-7-4-8-19-31)29(2)42(49-44)36-24-12-14-27-47-36/h3-27,48H,1-2H3/b44-40-. The number of nitrogens with zero attached hydrogens (tertiary/aromatic N) is 3. The van der Waals surface area contributed by atoms with Crippen molar-refractivity contribution in [1.29, 1.82) is 0 Å². The Bertz CT molecular complexity index is 2630. The van der Waals surface area contributed by atoms with Crippen molar-refractivity contribution in [2.24, 2.45) is 4.99 Å². The average Bonchev–Trinajstić information content (AvgIpc) is 3.84. The number of rotatable bonds is 6. The van der Waals surface area contributed by atoms with Crippen molar-refractivity contribution in [3.63, 3.8) is 0 Å². The van der Waals surface area contributed by atoms with Gasteiger partial charge in [0.25, 0.3) is 0 Å². The molecule has 0 radical (unpaired) electrons. The van der Waals surface area contributed by atoms with Crippen molar-refractivity contribution in [2.75, 3.05) is 0 Å². The van der Waals surface area contributed by atoms with Crippen LogP contribution in [0, 0.1) is 6.92 Å². The number of hydrogen-bond acceptors (Lipinski definition) is 4. The van der Waals surface area contributed by atoms with Crippen molar-refractivity contribution >= 4 is 38.8 Å². The van der Waals surface area contributed by atoms with Crippen LogP contribution in [0.3, 0.4) is 0 Å². The highest BCUT2D eigenvalue weighted by molar-refractivity contribution is 6.23. The second-order valence-electron chi connectivity index (χ2n) is 12.5. The Kier molecular flexibility index (Phi) is 7.17. The molecule has 0 amide bonds. The molecule has 1 aliphatic rings. The first-order chi connectivity index (χ1) is 24.7. The van der Waals surface area contributed by atoms with Gasteiger partial charge in [-0.2, -0.15) is 0 Å². The molecular formula is C45H32N4O. The van der Waals surface area contributed by atoms with Gasteiger partial charge in [-0.15, -0.1) is 0 Å². The smallest absolute Gasteiger partial charge is 0.143 e. The molecule has 0 saturated heterocycles. The Morgan fingerprint density at radius 2 is 1.24 bits per heavy atom. The first-order valence-corrected chi connectivity index (χ1v) is 16.8. The van der Waals surface area contributed by atoms with Crippen molar-refractivity contribution in [3.8, 4) is 22.5 Å². The number of allylic oxidation sites excluding steroid dienone is 2. The van der Waals surface area contributed by atoms with Gasteiger partial charge >= 0.3 is 0 Å². The highest BCUT2D eigenvalue weighted by atomic mass is 16.3. The number of furan rings is 1. The summed E-state index contributed by atoms with van der Waals surface area (Å²) in [5, 5.41) is 2.13. The molecule has 0 bridgehead atoms. The van der Waals surface area contributed by atoms with Gasteiger partial charge in [-0.3, -0.25) is 9.97 Å². The largest absolute Gasteiger partial charge is 0.455 e. The number of para-hydroxylation sites is 2. The Morgan fingerprint density at radius 1 is 0.600 bits per heavy atom. The fourth-order valence-electron chi connectivity index (χ4n) is 7.28. The van der Waals surface area contributed by atoms with Crippen LogP contribution >= 0.6 is 0 Å². The lowest BCUT2D eigenvalue weighted by atomic mass is 9.88. The Balaban J connectivity index is 1.46. The molecule has 5 nitrogen and oxygen atoms in total. The maximum Gasteiger partial charge on any atom is 0.143 e. The van der Waals surface area contributed by atoms with Crippen LogP contribution in [-0.4, -0.2) is 20.7 Å². The van der Waals surface area contributed by atoms with Crippen LogP contribution in [0.15, 0.2) is 173 Å². The van der Waals surface area contributed by atoms with Crippen LogP contribution in [0.1, 0.15) is 35.0 Å². The molecule has 8 aromatic rings. The minimum atomic E-state index is 0.813. The van der Waals surface area contributed by atoms with Gasteiger partial charge in [0.1, 0.15) is 11.2 Å². The fourth-order valence-corrected chi connectivity index (χ4v) is 7.28. The number of nitrogens with one attached hydrogen (secondary N) is 1. The van der Waals surface area contributed by atoms with Crippen molar-refractivity contribution < 1.29 is 4.42 Å². The number of aromatic amines is 1. The van der Waals surface area contributed by atoms with Crippen LogP contribution in [0.2, 0.25) is 0 Å². The summed E-state index contributed by atoms with van der Waals surface area (Å²) in [6.07, 6.45) is 3.66. The predicted octanol–water partition coefficient (Wildman–Crippen LogP) is 11.1. The molecule has 5 heterocycles. The SMILES string of the molecule is CC1=C(c2ccccc2)/C(=C(/c2[nH]c(-c3ccccn3)c(C)c2-c2ccccc2)c2cccc3c2oc2ccccc23)N=C1c1ccccn1. The summed E-state index contributed by atoms with van der Waals surface area (Å²) in [5.74, 6) is 0. The summed E-state index contributed by atoms with van der Waals surface area (Å²) < 4.78 is 6.75. The second-order valence-corrected chi connectivity index (χ2v) is 12.5. The van der Waals surface area contributed by atoms with E-state index in [4.69, 9.17) is 19.4 Å². The summed E-state index contributed by atoms with van der Waals surface area (Å²) >= 11 is 0. The first-order valence-electron chi connectivity index (χ1n) is 16.8. The van der Waals surface area contributed by atoms with E-state index in [9.17, 15) is 0 Å². The summed E-state index contributed by atoms with van der Waals surface area (Å²) in [5.41, 5.74) is 15.4. The highest BCUT2D eigenvalue weighted by Gasteiger charge is 2.32. The lowest BCUT2D eigenvalue weighted by molar-refractivity contribution is 0.667. The predicted molar refractivity (Wildman–Crippen MR) is 204 cm³/mol. The van der Waals surface area contributed by atoms with Gasteiger partial charge < -0.3 is 9.40 Å². The molecule has 0 spiro atoms. The third-order valence-corrected chi connectivity index (χ3v) is 9.55. The van der Waals surface area contributed by atoms with Gasteiger partial charge in [0.2, 0.25) is 0 Å². The Morgan fingerprint density at radius 3 is 1.96 bits per heavy atom. The Labute approximate surface area is 290 Å². The third-order valence-electron chi connectivity index (χ3n) is 9.55. The molecule has 4 aromatic carbocycles. The molecule has 9 rings (SSSR count). The lowest BCUT2D eigenvalue weighted by Crippen LogP contribution is -2.02. The molecule has 0 saturated carbocycles. The van der Waals surface area contributed by atoms with Gasteiger partial charge in [0.05, 0.1) is 34.2 Å². The van der Waals surface area contributed by atoms with Crippen LogP contribution in [0.25, 0.3) is 55.6 Å². The number of benzene rings is 4. The second kappa shape index (κ2) is 12.1. The number of H-pyrrole nitrogens is 1. The zero-order valence-corrected chi connectivity index (χ0v) is 27.7. The maximum atomic E-state index is 6.75. The lowest BCUT2D eigenvalue weighted by Gasteiger charge is -2.16. The minimum Gasteiger partial charge on any atom is -0.455 e. The topological polar surface area (TPSA) is 67.1 Å². The van der Waals surface area contributed by atoms with E-state index < -0.39 is 0 Å². The molecule has 1 aliphatic heterocycles. The van der Waals surface area contributed by atoms with Gasteiger partial charge in [-0.05, 0) is 66.4 Å². The molecule has 238 valence electrons. The van der Waals surface area contributed by atoms with Crippen molar-refractivity contribution in [2.45, 2.75) is 13.8 Å². The quantitative estimate of drug-likeness (QED) is 0.196. The number of aromatic nitrogens is 3. The number of hydrogen-bond donors (Lipinski definition) is 1. The maximum absolute atomic E-state index is 6.75. The van der Waals surface area contributed by atoms with Gasteiger partial charge in [-0.1, -0.05) is 109 Å². The van der Waals surface area contributed by atoms with Crippen molar-refractivity contribution in [3.05, 3.63) is 191 Å². The van der Waals surface area contributed by atoms with Crippen LogP contribution in [0.5, 0.6) is 0 Å². The average molecular weight is 645 g/mol. The molecule has 0 atom stereocenters. The molecule has 0 unspecified atom stereocenters. The molecule has 0 fully saturated rings. The molecule has 0 aliphatic carbocycles. The Hall–Kier alpha value is -6.59. The monoisotopic (exact) mass is 644 g/mol. The number of pyridine rings is 2. The molecule has 50 heavy (non-hydrogen) atoms. The summed E-state index contributed by atoms with van der Waals surface area (Å²) in [4.78, 5) is 19.0. The van der Waals surface area contributed by atoms with Gasteiger partial charge in [0, 0.05) is 45.4 Å². The van der Waals surface area contributed by atoms with E-state index in [-0.39, 0.29) is 0 Å². The normalized spacial score (nSPS) is 14.1. The van der Waals surface area contributed by atoms with E-state index in [0.29, 0.717) is 0 Å². The van der Waals surface area contributed by atoms with Crippen LogP contribution < -0.4 is 0 Å². The third kappa shape index (κ3) is 4.82. The van der Waals surface area contributed by atoms with Crippen molar-refractivity contribution in [1.82, 2.24) is 15.0 Å². The summed E-state index contributed by atoms with van der Waals surface area (Å²) in [6.45, 7) is 4.33. The van der Waals surface area contributed by atoms with E-state index in [1.165, 1.54) is 0 Å². The first kappa shape index (κ1) is 29.5.